The molecule has 0 atom stereocenters. The predicted molar refractivity (Wildman–Crippen MR) is 146 cm³/mol. The number of rotatable bonds is 15. The summed E-state index contributed by atoms with van der Waals surface area (Å²) in [6.07, 6.45) is 8.69. The molecular weight excluding hydrogens is 504 g/mol. The fourth-order valence-corrected chi connectivity index (χ4v) is 4.56. The third-order valence-electron chi connectivity index (χ3n) is 6.52. The van der Waals surface area contributed by atoms with Gasteiger partial charge in [0.05, 0.1) is 24.2 Å². The van der Waals surface area contributed by atoms with Crippen molar-refractivity contribution in [2.75, 3.05) is 30.3 Å². The van der Waals surface area contributed by atoms with Gasteiger partial charge in [-0.25, -0.2) is 9.78 Å². The topological polar surface area (TPSA) is 172 Å². The van der Waals surface area contributed by atoms with Gasteiger partial charge >= 0.3 is 11.9 Å². The molecule has 5 N–H and O–H groups in total. The molecule has 2 aromatic heterocycles. The molecule has 2 heterocycles. The lowest BCUT2D eigenvalue weighted by Crippen LogP contribution is -2.41. The van der Waals surface area contributed by atoms with E-state index in [0.717, 1.165) is 31.4 Å². The first-order valence-corrected chi connectivity index (χ1v) is 13.5. The van der Waals surface area contributed by atoms with E-state index < -0.39 is 11.9 Å². The number of amides is 1. The van der Waals surface area contributed by atoms with Gasteiger partial charge in [-0.15, -0.1) is 0 Å². The van der Waals surface area contributed by atoms with Gasteiger partial charge in [-0.05, 0) is 52.4 Å². The van der Waals surface area contributed by atoms with Crippen molar-refractivity contribution in [2.45, 2.75) is 77.3 Å². The predicted octanol–water partition coefficient (Wildman–Crippen LogP) is 2.51. The van der Waals surface area contributed by atoms with E-state index in [0.29, 0.717) is 61.4 Å². The number of esters is 1. The Bertz CT molecular complexity index is 1110. The molecule has 2 aromatic rings. The number of hydrogen-bond donors (Lipinski definition) is 5. The van der Waals surface area contributed by atoms with E-state index in [-0.39, 0.29) is 25.0 Å². The minimum atomic E-state index is -0.835. The second kappa shape index (κ2) is 15.0. The zero-order chi connectivity index (χ0) is 28.2. The average molecular weight is 545 g/mol. The minimum Gasteiger partial charge on any atom is -0.481 e. The van der Waals surface area contributed by atoms with Crippen molar-refractivity contribution in [2.24, 2.45) is 7.05 Å². The Morgan fingerprint density at radius 1 is 1.08 bits per heavy atom. The molecule has 1 saturated carbocycles. The van der Waals surface area contributed by atoms with Crippen LogP contribution in [0.15, 0.2) is 12.4 Å². The fourth-order valence-electron chi connectivity index (χ4n) is 4.56. The number of carboxylic acids is 1. The van der Waals surface area contributed by atoms with Crippen LogP contribution in [0.3, 0.4) is 0 Å². The van der Waals surface area contributed by atoms with Crippen LogP contribution in [0.1, 0.15) is 74.3 Å². The first-order valence-electron chi connectivity index (χ1n) is 13.5. The van der Waals surface area contributed by atoms with Crippen LogP contribution in [-0.4, -0.2) is 74.5 Å². The van der Waals surface area contributed by atoms with Crippen LogP contribution >= 0.6 is 0 Å². The molecule has 1 fully saturated rings. The van der Waals surface area contributed by atoms with Crippen molar-refractivity contribution in [3.63, 3.8) is 0 Å². The highest BCUT2D eigenvalue weighted by molar-refractivity contribution is 5.96. The fraction of sp³-hybridized carbons (Fsp3) is 0.615. The Hall–Kier alpha value is -3.74. The van der Waals surface area contributed by atoms with E-state index in [1.54, 1.807) is 24.7 Å². The lowest BCUT2D eigenvalue weighted by atomic mass is 9.91. The molecule has 0 saturated heterocycles. The monoisotopic (exact) mass is 544 g/mol. The molecule has 1 amide bonds. The summed E-state index contributed by atoms with van der Waals surface area (Å²) in [5.41, 5.74) is 1.61. The Morgan fingerprint density at radius 2 is 1.79 bits per heavy atom. The SMILES string of the molecule is CCOC(=O)c1c(C)nc(Nc2cnn(C)c2)nc1NC1CCC(NCCNC(=O)CCCCC(=O)O)CC1. The number of aromatic nitrogens is 4. The molecule has 1 aliphatic rings. The third-order valence-corrected chi connectivity index (χ3v) is 6.52. The number of anilines is 3. The summed E-state index contributed by atoms with van der Waals surface area (Å²) in [6, 6.07) is 0.484. The van der Waals surface area contributed by atoms with Gasteiger partial charge in [0.2, 0.25) is 11.9 Å². The van der Waals surface area contributed by atoms with Crippen LogP contribution in [-0.2, 0) is 21.4 Å². The number of hydrogen-bond acceptors (Lipinski definition) is 10. The van der Waals surface area contributed by atoms with Gasteiger partial charge in [-0.3, -0.25) is 14.3 Å². The first kappa shape index (κ1) is 29.8. The van der Waals surface area contributed by atoms with E-state index in [4.69, 9.17) is 9.84 Å². The highest BCUT2D eigenvalue weighted by Gasteiger charge is 2.25. The molecule has 0 unspecified atom stereocenters. The highest BCUT2D eigenvalue weighted by atomic mass is 16.5. The quantitative estimate of drug-likeness (QED) is 0.165. The van der Waals surface area contributed by atoms with Crippen LogP contribution in [0.5, 0.6) is 0 Å². The van der Waals surface area contributed by atoms with E-state index in [2.05, 4.69) is 36.3 Å². The molecule has 214 valence electrons. The van der Waals surface area contributed by atoms with Gasteiger partial charge in [0, 0.05) is 51.3 Å². The summed E-state index contributed by atoms with van der Waals surface area (Å²) in [7, 11) is 1.82. The second-order valence-corrected chi connectivity index (χ2v) is 9.70. The Labute approximate surface area is 228 Å². The van der Waals surface area contributed by atoms with Crippen LogP contribution in [0.2, 0.25) is 0 Å². The van der Waals surface area contributed by atoms with Crippen LogP contribution < -0.4 is 21.3 Å². The molecule has 13 heteroatoms. The Morgan fingerprint density at radius 3 is 2.46 bits per heavy atom. The van der Waals surface area contributed by atoms with E-state index in [9.17, 15) is 14.4 Å². The number of aliphatic carboxylic acids is 1. The van der Waals surface area contributed by atoms with E-state index in [1.165, 1.54) is 0 Å². The second-order valence-electron chi connectivity index (χ2n) is 9.70. The summed E-state index contributed by atoms with van der Waals surface area (Å²) in [4.78, 5) is 44.2. The summed E-state index contributed by atoms with van der Waals surface area (Å²) in [5.74, 6) is -0.515. The van der Waals surface area contributed by atoms with Crippen LogP contribution in [0.4, 0.5) is 17.5 Å². The van der Waals surface area contributed by atoms with Crippen molar-refractivity contribution in [3.8, 4) is 0 Å². The molecule has 1 aliphatic carbocycles. The van der Waals surface area contributed by atoms with Crippen molar-refractivity contribution in [1.29, 1.82) is 0 Å². The number of aryl methyl sites for hydroxylation is 2. The number of carbonyl (C=O) groups excluding carboxylic acids is 2. The molecule has 13 nitrogen and oxygen atoms in total. The molecule has 0 spiro atoms. The zero-order valence-corrected chi connectivity index (χ0v) is 23.0. The van der Waals surface area contributed by atoms with Gasteiger partial charge in [-0.2, -0.15) is 10.1 Å². The number of nitrogens with one attached hydrogen (secondary N) is 4. The molecule has 3 rings (SSSR count). The zero-order valence-electron chi connectivity index (χ0n) is 23.0. The third kappa shape index (κ3) is 9.82. The van der Waals surface area contributed by atoms with E-state index >= 15 is 0 Å². The van der Waals surface area contributed by atoms with Crippen molar-refractivity contribution < 1.29 is 24.2 Å². The number of ether oxygens (including phenoxy) is 1. The molecule has 0 aliphatic heterocycles. The number of carboxylic acid groups (broad SMARTS) is 1. The molecule has 0 bridgehead atoms. The summed E-state index contributed by atoms with van der Waals surface area (Å²) in [6.45, 7) is 5.00. The van der Waals surface area contributed by atoms with Crippen LogP contribution in [0, 0.1) is 6.92 Å². The minimum absolute atomic E-state index is 0.0509. The van der Waals surface area contributed by atoms with Gasteiger partial charge < -0.3 is 31.1 Å². The Balaban J connectivity index is 1.48. The van der Waals surface area contributed by atoms with Crippen LogP contribution in [0.25, 0.3) is 0 Å². The largest absolute Gasteiger partial charge is 0.481 e. The lowest BCUT2D eigenvalue weighted by molar-refractivity contribution is -0.137. The lowest BCUT2D eigenvalue weighted by Gasteiger charge is -2.30. The molecule has 0 aromatic carbocycles. The van der Waals surface area contributed by atoms with Gasteiger partial charge in [0.25, 0.3) is 0 Å². The smallest absolute Gasteiger partial charge is 0.343 e. The molecule has 0 radical (unpaired) electrons. The number of nitrogens with zero attached hydrogens (tertiary/aromatic N) is 4. The summed E-state index contributed by atoms with van der Waals surface area (Å²) < 4.78 is 6.94. The Kier molecular flexibility index (Phi) is 11.5. The maximum Gasteiger partial charge on any atom is 0.343 e. The van der Waals surface area contributed by atoms with Gasteiger partial charge in [-0.1, -0.05) is 0 Å². The highest BCUT2D eigenvalue weighted by Crippen LogP contribution is 2.26. The van der Waals surface area contributed by atoms with E-state index in [1.807, 2.05) is 13.2 Å². The normalized spacial score (nSPS) is 16.9. The van der Waals surface area contributed by atoms with Gasteiger partial charge in [0.15, 0.2) is 0 Å². The van der Waals surface area contributed by atoms with Crippen molar-refractivity contribution in [3.05, 3.63) is 23.7 Å². The maximum absolute atomic E-state index is 12.7. The summed E-state index contributed by atoms with van der Waals surface area (Å²) >= 11 is 0. The van der Waals surface area contributed by atoms with Crippen molar-refractivity contribution in [1.82, 2.24) is 30.4 Å². The number of unbranched alkanes of at least 4 members (excludes halogenated alkanes) is 1. The summed E-state index contributed by atoms with van der Waals surface area (Å²) in [5, 5.41) is 25.8. The average Bonchev–Trinajstić information content (AvgIpc) is 3.29. The standard InChI is InChI=1S/C26H40N8O5/c1-4-39-25(38)23-17(2)30-26(32-20-15-29-34(3)16-20)33-24(23)31-19-11-9-18(10-12-19)27-13-14-28-21(35)7-5-6-8-22(36)37/h15-16,18-19,27H,4-14H2,1-3H3,(H,28,35)(H,36,37)(H2,30,31,32,33). The van der Waals surface area contributed by atoms with Gasteiger partial charge in [0.1, 0.15) is 11.4 Å². The molecular formula is C26H40N8O5. The molecule has 39 heavy (non-hydrogen) atoms. The maximum atomic E-state index is 12.7. The number of carbonyl (C=O) groups is 3. The van der Waals surface area contributed by atoms with Crippen molar-refractivity contribution >= 4 is 35.3 Å². The first-order chi connectivity index (χ1) is 18.7.